The maximum absolute atomic E-state index is 10.7. The first kappa shape index (κ1) is 14.1. The Morgan fingerprint density at radius 3 is 2.79 bits per heavy atom. The summed E-state index contributed by atoms with van der Waals surface area (Å²) in [4.78, 5) is 13.1. The molecule has 0 aromatic heterocycles. The summed E-state index contributed by atoms with van der Waals surface area (Å²) in [5.74, 6) is -0.247. The second-order valence-corrected chi connectivity index (χ2v) is 6.13. The molecule has 1 aliphatic heterocycles. The Balaban J connectivity index is 2.36. The summed E-state index contributed by atoms with van der Waals surface area (Å²) in [6.45, 7) is 5.50. The third-order valence-corrected chi connectivity index (χ3v) is 3.98. The molecule has 1 N–H and O–H groups in total. The lowest BCUT2D eigenvalue weighted by Gasteiger charge is -2.26. The van der Waals surface area contributed by atoms with E-state index in [9.17, 15) is 4.79 Å². The van der Waals surface area contributed by atoms with Gasteiger partial charge in [-0.1, -0.05) is 22.9 Å². The van der Waals surface area contributed by atoms with Crippen molar-refractivity contribution >= 4 is 33.7 Å². The second-order valence-electron chi connectivity index (χ2n) is 5.22. The monoisotopic (exact) mass is 323 g/mol. The van der Waals surface area contributed by atoms with Crippen LogP contribution in [0, 0.1) is 5.92 Å². The number of aliphatic carboxylic acids is 1. The molecule has 2 rings (SSSR count). The molecule has 1 saturated heterocycles. The third-order valence-electron chi connectivity index (χ3n) is 3.49. The molecule has 0 bridgehead atoms. The van der Waals surface area contributed by atoms with Crippen LogP contribution in [0.3, 0.4) is 0 Å². The van der Waals surface area contributed by atoms with Gasteiger partial charge in [-0.15, -0.1) is 0 Å². The first-order valence-corrected chi connectivity index (χ1v) is 7.24. The van der Waals surface area contributed by atoms with Gasteiger partial charge in [-0.2, -0.15) is 0 Å². The molecule has 1 aromatic carbocycles. The molecule has 0 saturated carbocycles. The molecule has 0 spiro atoms. The molecule has 102 valence electrons. The Morgan fingerprint density at radius 2 is 2.21 bits per heavy atom. The van der Waals surface area contributed by atoms with Gasteiger partial charge in [-0.3, -0.25) is 0 Å². The number of rotatable bonds is 3. The summed E-state index contributed by atoms with van der Waals surface area (Å²) in [5, 5.41) is 8.78. The molecule has 0 aliphatic carbocycles. The number of anilines is 1. The van der Waals surface area contributed by atoms with Crippen molar-refractivity contribution in [3.05, 3.63) is 34.3 Å². The summed E-state index contributed by atoms with van der Waals surface area (Å²) in [7, 11) is 0. The highest BCUT2D eigenvalue weighted by Crippen LogP contribution is 2.33. The van der Waals surface area contributed by atoms with Crippen LogP contribution in [0.25, 0.3) is 6.08 Å². The molecule has 0 amide bonds. The Morgan fingerprint density at radius 1 is 1.47 bits per heavy atom. The first-order valence-electron chi connectivity index (χ1n) is 6.44. The van der Waals surface area contributed by atoms with E-state index in [1.807, 2.05) is 12.1 Å². The lowest BCUT2D eigenvalue weighted by molar-refractivity contribution is -0.131. The fourth-order valence-electron chi connectivity index (χ4n) is 2.72. The van der Waals surface area contributed by atoms with Gasteiger partial charge < -0.3 is 10.0 Å². The minimum Gasteiger partial charge on any atom is -0.478 e. The number of halogens is 1. The lowest BCUT2D eigenvalue weighted by Crippen LogP contribution is -2.27. The van der Waals surface area contributed by atoms with Crippen molar-refractivity contribution in [2.45, 2.75) is 26.3 Å². The number of carboxylic acids is 1. The van der Waals surface area contributed by atoms with Gasteiger partial charge in [0, 0.05) is 28.8 Å². The zero-order valence-corrected chi connectivity index (χ0v) is 12.7. The van der Waals surface area contributed by atoms with E-state index in [2.05, 4.69) is 40.7 Å². The van der Waals surface area contributed by atoms with Crippen molar-refractivity contribution in [1.82, 2.24) is 0 Å². The maximum Gasteiger partial charge on any atom is 0.328 e. The molecule has 0 radical (unpaired) electrons. The predicted molar refractivity (Wildman–Crippen MR) is 81.4 cm³/mol. The van der Waals surface area contributed by atoms with E-state index in [-0.39, 0.29) is 0 Å². The van der Waals surface area contributed by atoms with Gasteiger partial charge in [-0.05, 0) is 49.1 Å². The molecule has 2 unspecified atom stereocenters. The molecule has 19 heavy (non-hydrogen) atoms. The van der Waals surface area contributed by atoms with Crippen LogP contribution < -0.4 is 4.90 Å². The molecule has 3 nitrogen and oxygen atoms in total. The van der Waals surface area contributed by atoms with Crippen molar-refractivity contribution in [3.63, 3.8) is 0 Å². The van der Waals surface area contributed by atoms with E-state index in [0.29, 0.717) is 12.0 Å². The van der Waals surface area contributed by atoms with E-state index in [4.69, 9.17) is 5.11 Å². The van der Waals surface area contributed by atoms with Gasteiger partial charge in [0.2, 0.25) is 0 Å². The Hall–Kier alpha value is -1.29. The van der Waals surface area contributed by atoms with E-state index in [0.717, 1.165) is 22.3 Å². The van der Waals surface area contributed by atoms with Crippen LogP contribution in [-0.2, 0) is 4.79 Å². The van der Waals surface area contributed by atoms with Crippen LogP contribution in [0.1, 0.15) is 25.8 Å². The number of hydrogen-bond donors (Lipinski definition) is 1. The van der Waals surface area contributed by atoms with E-state index < -0.39 is 5.97 Å². The third kappa shape index (κ3) is 3.38. The topological polar surface area (TPSA) is 40.5 Å². The smallest absolute Gasteiger partial charge is 0.328 e. The minimum absolute atomic E-state index is 0.494. The predicted octanol–water partition coefficient (Wildman–Crippen LogP) is 3.78. The van der Waals surface area contributed by atoms with Crippen LogP contribution in [0.4, 0.5) is 5.69 Å². The largest absolute Gasteiger partial charge is 0.478 e. The zero-order valence-electron chi connectivity index (χ0n) is 11.1. The van der Waals surface area contributed by atoms with Gasteiger partial charge >= 0.3 is 5.97 Å². The van der Waals surface area contributed by atoms with Crippen LogP contribution in [0.2, 0.25) is 0 Å². The van der Waals surface area contributed by atoms with Crippen LogP contribution in [0.5, 0.6) is 0 Å². The number of nitrogens with zero attached hydrogens (tertiary/aromatic N) is 1. The van der Waals surface area contributed by atoms with E-state index in [1.165, 1.54) is 12.5 Å². The second kappa shape index (κ2) is 5.78. The molecule has 1 aliphatic rings. The van der Waals surface area contributed by atoms with Gasteiger partial charge in [0.05, 0.1) is 0 Å². The SMILES string of the molecule is CC1CC(C)N(c2ccc(Br)cc2/C=C/C(=O)O)C1. The Bertz CT molecular complexity index is 513. The van der Waals surface area contributed by atoms with E-state index in [1.54, 1.807) is 6.08 Å². The molecular weight excluding hydrogens is 306 g/mol. The quantitative estimate of drug-likeness (QED) is 0.860. The average molecular weight is 324 g/mol. The molecule has 1 aromatic rings. The maximum atomic E-state index is 10.7. The van der Waals surface area contributed by atoms with Crippen molar-refractivity contribution < 1.29 is 9.90 Å². The highest BCUT2D eigenvalue weighted by molar-refractivity contribution is 9.10. The molecule has 1 fully saturated rings. The highest BCUT2D eigenvalue weighted by atomic mass is 79.9. The van der Waals surface area contributed by atoms with Crippen LogP contribution in [-0.4, -0.2) is 23.7 Å². The standard InChI is InChI=1S/C15H18BrNO2/c1-10-7-11(2)17(9-10)14-5-4-13(16)8-12(14)3-6-15(18)19/h3-6,8,10-11H,7,9H2,1-2H3,(H,18,19)/b6-3+. The number of benzene rings is 1. The summed E-state index contributed by atoms with van der Waals surface area (Å²) in [6.07, 6.45) is 4.03. The fourth-order valence-corrected chi connectivity index (χ4v) is 3.10. The number of hydrogen-bond acceptors (Lipinski definition) is 2. The summed E-state index contributed by atoms with van der Waals surface area (Å²) in [5.41, 5.74) is 2.05. The molecule has 2 atom stereocenters. The Labute approximate surface area is 122 Å². The summed E-state index contributed by atoms with van der Waals surface area (Å²) < 4.78 is 0.959. The van der Waals surface area contributed by atoms with E-state index >= 15 is 0 Å². The highest BCUT2D eigenvalue weighted by Gasteiger charge is 2.27. The molecular formula is C15H18BrNO2. The Kier molecular flexibility index (Phi) is 4.30. The van der Waals surface area contributed by atoms with Crippen molar-refractivity contribution in [1.29, 1.82) is 0 Å². The zero-order chi connectivity index (χ0) is 14.0. The van der Waals surface area contributed by atoms with Crippen molar-refractivity contribution in [2.24, 2.45) is 5.92 Å². The lowest BCUT2D eigenvalue weighted by atomic mass is 10.1. The molecule has 1 heterocycles. The van der Waals surface area contributed by atoms with Gasteiger partial charge in [0.1, 0.15) is 0 Å². The van der Waals surface area contributed by atoms with Gasteiger partial charge in [-0.25, -0.2) is 4.79 Å². The number of carboxylic acid groups (broad SMARTS) is 1. The van der Waals surface area contributed by atoms with Gasteiger partial charge in [0.15, 0.2) is 0 Å². The van der Waals surface area contributed by atoms with Crippen molar-refractivity contribution in [3.8, 4) is 0 Å². The van der Waals surface area contributed by atoms with Crippen LogP contribution >= 0.6 is 15.9 Å². The summed E-state index contributed by atoms with van der Waals surface area (Å²) in [6, 6.07) is 6.52. The van der Waals surface area contributed by atoms with Gasteiger partial charge in [0.25, 0.3) is 0 Å². The minimum atomic E-state index is -0.922. The van der Waals surface area contributed by atoms with Crippen molar-refractivity contribution in [2.75, 3.05) is 11.4 Å². The fraction of sp³-hybridized carbons (Fsp3) is 0.400. The average Bonchev–Trinajstić information content (AvgIpc) is 2.66. The molecule has 4 heteroatoms. The number of carbonyl (C=O) groups is 1. The normalized spacial score (nSPS) is 23.2. The van der Waals surface area contributed by atoms with Crippen LogP contribution in [0.15, 0.2) is 28.7 Å². The first-order chi connectivity index (χ1) is 8.97. The summed E-state index contributed by atoms with van der Waals surface area (Å²) >= 11 is 3.44.